The van der Waals surface area contributed by atoms with E-state index in [9.17, 15) is 13.2 Å². The first-order valence-electron chi connectivity index (χ1n) is 6.80. The monoisotopic (exact) mass is 287 g/mol. The maximum atomic E-state index is 12.2. The van der Waals surface area contributed by atoms with E-state index < -0.39 is 18.2 Å². The van der Waals surface area contributed by atoms with Gasteiger partial charge in [-0.05, 0) is 32.8 Å². The van der Waals surface area contributed by atoms with Crippen LogP contribution in [-0.4, -0.2) is 11.8 Å². The SMILES string of the molecule is Cc1ccc2c(c1)C(N)CC(C)(CCCC(F)(F)F)O2. The summed E-state index contributed by atoms with van der Waals surface area (Å²) in [6.45, 7) is 3.82. The number of ether oxygens (including phenoxy) is 1. The minimum absolute atomic E-state index is 0.0634. The molecular weight excluding hydrogens is 267 g/mol. The van der Waals surface area contributed by atoms with Gasteiger partial charge in [0.05, 0.1) is 0 Å². The molecule has 2 rings (SSSR count). The Bertz CT molecular complexity index is 486. The lowest BCUT2D eigenvalue weighted by Gasteiger charge is -2.39. The van der Waals surface area contributed by atoms with Crippen molar-refractivity contribution in [2.24, 2.45) is 5.73 Å². The summed E-state index contributed by atoms with van der Waals surface area (Å²) in [5.74, 6) is 0.698. The summed E-state index contributed by atoms with van der Waals surface area (Å²) >= 11 is 0. The van der Waals surface area contributed by atoms with Gasteiger partial charge in [0, 0.05) is 24.4 Å². The van der Waals surface area contributed by atoms with Crippen molar-refractivity contribution in [1.29, 1.82) is 0 Å². The zero-order valence-corrected chi connectivity index (χ0v) is 11.8. The highest BCUT2D eigenvalue weighted by atomic mass is 19.4. The summed E-state index contributed by atoms with van der Waals surface area (Å²) in [7, 11) is 0. The van der Waals surface area contributed by atoms with Crippen molar-refractivity contribution in [2.45, 2.75) is 57.3 Å². The molecule has 0 aliphatic carbocycles. The third kappa shape index (κ3) is 3.66. The Balaban J connectivity index is 2.06. The fraction of sp³-hybridized carbons (Fsp3) is 0.600. The van der Waals surface area contributed by atoms with Crippen LogP contribution in [0.4, 0.5) is 13.2 Å². The lowest BCUT2D eigenvalue weighted by atomic mass is 9.85. The van der Waals surface area contributed by atoms with Crippen molar-refractivity contribution >= 4 is 0 Å². The maximum Gasteiger partial charge on any atom is 0.389 e. The maximum absolute atomic E-state index is 12.2. The highest BCUT2D eigenvalue weighted by Crippen LogP contribution is 2.41. The predicted octanol–water partition coefficient (Wildman–Crippen LogP) is 4.27. The minimum Gasteiger partial charge on any atom is -0.487 e. The van der Waals surface area contributed by atoms with Gasteiger partial charge in [-0.25, -0.2) is 0 Å². The zero-order chi connectivity index (χ0) is 15.0. The molecule has 1 aliphatic heterocycles. The Kier molecular flexibility index (Phi) is 4.00. The summed E-state index contributed by atoms with van der Waals surface area (Å²) < 4.78 is 42.6. The van der Waals surface area contributed by atoms with E-state index in [-0.39, 0.29) is 12.5 Å². The second-order valence-corrected chi connectivity index (χ2v) is 5.87. The summed E-state index contributed by atoms with van der Waals surface area (Å²) in [6, 6.07) is 5.57. The molecular formula is C15H20F3NO. The van der Waals surface area contributed by atoms with Crippen molar-refractivity contribution in [1.82, 2.24) is 0 Å². The molecule has 0 fully saturated rings. The Morgan fingerprint density at radius 2 is 2.10 bits per heavy atom. The molecule has 2 nitrogen and oxygen atoms in total. The van der Waals surface area contributed by atoms with Crippen molar-refractivity contribution in [2.75, 3.05) is 0 Å². The molecule has 1 aromatic rings. The second-order valence-electron chi connectivity index (χ2n) is 5.87. The van der Waals surface area contributed by atoms with Crippen LogP contribution in [-0.2, 0) is 0 Å². The topological polar surface area (TPSA) is 35.2 Å². The number of halogens is 3. The number of hydrogen-bond acceptors (Lipinski definition) is 2. The number of hydrogen-bond donors (Lipinski definition) is 1. The van der Waals surface area contributed by atoms with Crippen LogP contribution in [0.1, 0.15) is 49.8 Å². The summed E-state index contributed by atoms with van der Waals surface area (Å²) in [6.07, 6.45) is -3.92. The smallest absolute Gasteiger partial charge is 0.389 e. The highest BCUT2D eigenvalue weighted by molar-refractivity contribution is 5.41. The Labute approximate surface area is 117 Å². The van der Waals surface area contributed by atoms with Gasteiger partial charge in [-0.2, -0.15) is 13.2 Å². The minimum atomic E-state index is -4.11. The van der Waals surface area contributed by atoms with Crippen LogP contribution >= 0.6 is 0 Å². The van der Waals surface area contributed by atoms with Crippen LogP contribution < -0.4 is 10.5 Å². The lowest BCUT2D eigenvalue weighted by Crippen LogP contribution is -2.40. The third-order valence-corrected chi connectivity index (χ3v) is 3.74. The van der Waals surface area contributed by atoms with Gasteiger partial charge >= 0.3 is 6.18 Å². The van der Waals surface area contributed by atoms with Crippen molar-refractivity contribution in [3.63, 3.8) is 0 Å². The van der Waals surface area contributed by atoms with E-state index in [1.807, 2.05) is 32.0 Å². The standard InChI is InChI=1S/C15H20F3NO/c1-10-4-5-13-11(8-10)12(19)9-14(2,20-13)6-3-7-15(16,17)18/h4-5,8,12H,3,6-7,9,19H2,1-2H3. The first-order valence-corrected chi connectivity index (χ1v) is 6.80. The molecule has 0 aromatic heterocycles. The van der Waals surface area contributed by atoms with Crippen LogP contribution in [0.5, 0.6) is 5.75 Å². The fourth-order valence-electron chi connectivity index (χ4n) is 2.75. The molecule has 2 atom stereocenters. The predicted molar refractivity (Wildman–Crippen MR) is 71.7 cm³/mol. The molecule has 5 heteroatoms. The van der Waals surface area contributed by atoms with E-state index >= 15 is 0 Å². The molecule has 0 amide bonds. The van der Waals surface area contributed by atoms with E-state index in [1.54, 1.807) is 0 Å². The van der Waals surface area contributed by atoms with Gasteiger partial charge in [0.15, 0.2) is 0 Å². The summed E-state index contributed by atoms with van der Waals surface area (Å²) in [5.41, 5.74) is 7.57. The Morgan fingerprint density at radius 3 is 2.75 bits per heavy atom. The molecule has 1 heterocycles. The van der Waals surface area contributed by atoms with Crippen molar-refractivity contribution in [3.8, 4) is 5.75 Å². The molecule has 2 N–H and O–H groups in total. The Morgan fingerprint density at radius 1 is 1.40 bits per heavy atom. The normalized spacial score (nSPS) is 26.0. The average molecular weight is 287 g/mol. The van der Waals surface area contributed by atoms with Gasteiger partial charge in [0.2, 0.25) is 0 Å². The lowest BCUT2D eigenvalue weighted by molar-refractivity contribution is -0.137. The number of benzene rings is 1. The first-order chi connectivity index (χ1) is 9.19. The molecule has 0 radical (unpaired) electrons. The molecule has 1 aromatic carbocycles. The van der Waals surface area contributed by atoms with Gasteiger partial charge in [-0.3, -0.25) is 0 Å². The van der Waals surface area contributed by atoms with E-state index in [1.165, 1.54) is 0 Å². The largest absolute Gasteiger partial charge is 0.487 e. The van der Waals surface area contributed by atoms with Crippen LogP contribution in [0.3, 0.4) is 0 Å². The van der Waals surface area contributed by atoms with E-state index in [2.05, 4.69) is 0 Å². The van der Waals surface area contributed by atoms with Crippen molar-refractivity contribution < 1.29 is 17.9 Å². The van der Waals surface area contributed by atoms with Crippen LogP contribution in [0.25, 0.3) is 0 Å². The van der Waals surface area contributed by atoms with E-state index in [0.717, 1.165) is 11.1 Å². The fourth-order valence-corrected chi connectivity index (χ4v) is 2.75. The van der Waals surface area contributed by atoms with E-state index in [4.69, 9.17) is 10.5 Å². The van der Waals surface area contributed by atoms with Gasteiger partial charge in [0.25, 0.3) is 0 Å². The Hall–Kier alpha value is -1.23. The molecule has 0 spiro atoms. The molecule has 0 bridgehead atoms. The van der Waals surface area contributed by atoms with Crippen LogP contribution in [0.15, 0.2) is 18.2 Å². The number of nitrogens with two attached hydrogens (primary N) is 1. The highest BCUT2D eigenvalue weighted by Gasteiger charge is 2.37. The average Bonchev–Trinajstić information content (AvgIpc) is 2.28. The van der Waals surface area contributed by atoms with Gasteiger partial charge in [-0.1, -0.05) is 17.7 Å². The molecule has 112 valence electrons. The van der Waals surface area contributed by atoms with Crippen molar-refractivity contribution in [3.05, 3.63) is 29.3 Å². The number of alkyl halides is 3. The molecule has 2 unspecified atom stereocenters. The zero-order valence-electron chi connectivity index (χ0n) is 11.8. The quantitative estimate of drug-likeness (QED) is 0.901. The van der Waals surface area contributed by atoms with Crippen LogP contribution in [0.2, 0.25) is 0 Å². The summed E-state index contributed by atoms with van der Waals surface area (Å²) in [4.78, 5) is 0. The van der Waals surface area contributed by atoms with Gasteiger partial charge < -0.3 is 10.5 Å². The molecule has 20 heavy (non-hydrogen) atoms. The van der Waals surface area contributed by atoms with E-state index in [0.29, 0.717) is 18.6 Å². The first kappa shape index (κ1) is 15.2. The van der Waals surface area contributed by atoms with Gasteiger partial charge in [0.1, 0.15) is 11.4 Å². The second kappa shape index (κ2) is 5.28. The van der Waals surface area contributed by atoms with Crippen LogP contribution in [0, 0.1) is 6.92 Å². The molecule has 1 aliphatic rings. The third-order valence-electron chi connectivity index (χ3n) is 3.74. The number of rotatable bonds is 3. The number of fused-ring (bicyclic) bond motifs is 1. The molecule has 0 saturated heterocycles. The van der Waals surface area contributed by atoms with Gasteiger partial charge in [-0.15, -0.1) is 0 Å². The molecule has 0 saturated carbocycles. The number of aryl methyl sites for hydroxylation is 1. The summed E-state index contributed by atoms with van der Waals surface area (Å²) in [5, 5.41) is 0.